The van der Waals surface area contributed by atoms with Gasteiger partial charge in [-0.05, 0) is 24.3 Å². The SMILES string of the molecule is COc1cc(C(=O)c2cccc(Br)c2)cc(OC)c1OC. The van der Waals surface area contributed by atoms with Gasteiger partial charge in [0.1, 0.15) is 0 Å². The van der Waals surface area contributed by atoms with Crippen molar-refractivity contribution in [2.45, 2.75) is 0 Å². The van der Waals surface area contributed by atoms with Crippen LogP contribution >= 0.6 is 15.9 Å². The molecule has 0 aliphatic rings. The van der Waals surface area contributed by atoms with Crippen LogP contribution in [0, 0.1) is 0 Å². The molecule has 4 nitrogen and oxygen atoms in total. The lowest BCUT2D eigenvalue weighted by molar-refractivity contribution is 0.103. The van der Waals surface area contributed by atoms with Crippen molar-refractivity contribution in [3.05, 3.63) is 52.0 Å². The summed E-state index contributed by atoms with van der Waals surface area (Å²) < 4.78 is 16.6. The number of halogens is 1. The quantitative estimate of drug-likeness (QED) is 0.771. The standard InChI is InChI=1S/C16H15BrO4/c1-19-13-8-11(9-14(20-2)16(13)21-3)15(18)10-5-4-6-12(17)7-10/h4-9H,1-3H3. The van der Waals surface area contributed by atoms with E-state index in [4.69, 9.17) is 14.2 Å². The third-order valence-corrected chi connectivity index (χ3v) is 3.51. The van der Waals surface area contributed by atoms with E-state index in [0.29, 0.717) is 28.4 Å². The Morgan fingerprint density at radius 1 is 0.905 bits per heavy atom. The third kappa shape index (κ3) is 3.19. The van der Waals surface area contributed by atoms with Crippen molar-refractivity contribution in [2.24, 2.45) is 0 Å². The Kier molecular flexibility index (Phi) is 4.85. The summed E-state index contributed by atoms with van der Waals surface area (Å²) in [6.45, 7) is 0. The van der Waals surface area contributed by atoms with Crippen molar-refractivity contribution < 1.29 is 19.0 Å². The van der Waals surface area contributed by atoms with Gasteiger partial charge in [-0.15, -0.1) is 0 Å². The number of benzene rings is 2. The molecule has 0 fully saturated rings. The maximum absolute atomic E-state index is 12.6. The number of rotatable bonds is 5. The fourth-order valence-electron chi connectivity index (χ4n) is 2.01. The van der Waals surface area contributed by atoms with Crippen LogP contribution in [-0.4, -0.2) is 27.1 Å². The summed E-state index contributed by atoms with van der Waals surface area (Å²) in [5.41, 5.74) is 1.06. The summed E-state index contributed by atoms with van der Waals surface area (Å²) in [5, 5.41) is 0. The Labute approximate surface area is 131 Å². The molecular formula is C16H15BrO4. The van der Waals surface area contributed by atoms with E-state index < -0.39 is 0 Å². The van der Waals surface area contributed by atoms with E-state index in [1.54, 1.807) is 24.3 Å². The summed E-state index contributed by atoms with van der Waals surface area (Å²) >= 11 is 3.36. The minimum absolute atomic E-state index is 0.115. The normalized spacial score (nSPS) is 10.1. The van der Waals surface area contributed by atoms with Gasteiger partial charge in [0.25, 0.3) is 0 Å². The summed E-state index contributed by atoms with van der Waals surface area (Å²) in [7, 11) is 4.56. The summed E-state index contributed by atoms with van der Waals surface area (Å²) in [6.07, 6.45) is 0. The number of ether oxygens (including phenoxy) is 3. The molecule has 0 aliphatic heterocycles. The highest BCUT2D eigenvalue weighted by molar-refractivity contribution is 9.10. The van der Waals surface area contributed by atoms with Gasteiger partial charge in [-0.2, -0.15) is 0 Å². The monoisotopic (exact) mass is 350 g/mol. The second-order valence-corrected chi connectivity index (χ2v) is 5.17. The largest absolute Gasteiger partial charge is 0.493 e. The molecule has 21 heavy (non-hydrogen) atoms. The lowest BCUT2D eigenvalue weighted by Crippen LogP contribution is -2.04. The van der Waals surface area contributed by atoms with Gasteiger partial charge in [0, 0.05) is 15.6 Å². The molecule has 0 saturated carbocycles. The van der Waals surface area contributed by atoms with Crippen molar-refractivity contribution in [2.75, 3.05) is 21.3 Å². The first-order chi connectivity index (χ1) is 10.1. The Morgan fingerprint density at radius 2 is 1.52 bits per heavy atom. The summed E-state index contributed by atoms with van der Waals surface area (Å²) in [6, 6.07) is 10.5. The minimum atomic E-state index is -0.115. The van der Waals surface area contributed by atoms with Crippen LogP contribution in [0.3, 0.4) is 0 Å². The van der Waals surface area contributed by atoms with E-state index in [-0.39, 0.29) is 5.78 Å². The number of hydrogen-bond donors (Lipinski definition) is 0. The third-order valence-electron chi connectivity index (χ3n) is 3.01. The average Bonchev–Trinajstić information content (AvgIpc) is 2.52. The molecule has 0 N–H and O–H groups in total. The van der Waals surface area contributed by atoms with E-state index in [1.807, 2.05) is 12.1 Å². The van der Waals surface area contributed by atoms with Crippen LogP contribution in [0.4, 0.5) is 0 Å². The molecule has 2 aromatic rings. The topological polar surface area (TPSA) is 44.8 Å². The zero-order chi connectivity index (χ0) is 15.4. The van der Waals surface area contributed by atoms with E-state index in [9.17, 15) is 4.79 Å². The molecule has 2 aromatic carbocycles. The van der Waals surface area contributed by atoms with Gasteiger partial charge < -0.3 is 14.2 Å². The molecule has 0 atom stereocenters. The predicted molar refractivity (Wildman–Crippen MR) is 83.7 cm³/mol. The lowest BCUT2D eigenvalue weighted by atomic mass is 10.0. The van der Waals surface area contributed by atoms with Crippen LogP contribution in [0.1, 0.15) is 15.9 Å². The first-order valence-corrected chi connectivity index (χ1v) is 7.00. The van der Waals surface area contributed by atoms with Crippen LogP contribution in [0.5, 0.6) is 17.2 Å². The van der Waals surface area contributed by atoms with Gasteiger partial charge in [0.05, 0.1) is 21.3 Å². The summed E-state index contributed by atoms with van der Waals surface area (Å²) in [4.78, 5) is 12.6. The molecule has 0 bridgehead atoms. The maximum Gasteiger partial charge on any atom is 0.203 e. The summed E-state index contributed by atoms with van der Waals surface area (Å²) in [5.74, 6) is 1.26. The zero-order valence-corrected chi connectivity index (χ0v) is 13.6. The number of hydrogen-bond acceptors (Lipinski definition) is 4. The molecule has 0 aliphatic carbocycles. The molecule has 0 aromatic heterocycles. The molecule has 2 rings (SSSR count). The smallest absolute Gasteiger partial charge is 0.203 e. The number of carbonyl (C=O) groups excluding carboxylic acids is 1. The first kappa shape index (κ1) is 15.4. The fraction of sp³-hybridized carbons (Fsp3) is 0.188. The van der Waals surface area contributed by atoms with Gasteiger partial charge in [0.15, 0.2) is 17.3 Å². The molecule has 110 valence electrons. The van der Waals surface area contributed by atoms with E-state index in [2.05, 4.69) is 15.9 Å². The first-order valence-electron chi connectivity index (χ1n) is 6.21. The number of carbonyl (C=O) groups is 1. The lowest BCUT2D eigenvalue weighted by Gasteiger charge is -2.13. The Balaban J connectivity index is 2.51. The van der Waals surface area contributed by atoms with Gasteiger partial charge >= 0.3 is 0 Å². The second-order valence-electron chi connectivity index (χ2n) is 4.25. The Bertz CT molecular complexity index is 642. The minimum Gasteiger partial charge on any atom is -0.493 e. The predicted octanol–water partition coefficient (Wildman–Crippen LogP) is 3.71. The fourth-order valence-corrected chi connectivity index (χ4v) is 2.41. The van der Waals surface area contributed by atoms with Gasteiger partial charge in [-0.3, -0.25) is 4.79 Å². The van der Waals surface area contributed by atoms with Crippen LogP contribution in [-0.2, 0) is 0 Å². The van der Waals surface area contributed by atoms with Crippen LogP contribution in [0.15, 0.2) is 40.9 Å². The maximum atomic E-state index is 12.6. The Morgan fingerprint density at radius 3 is 2.00 bits per heavy atom. The van der Waals surface area contributed by atoms with Crippen LogP contribution in [0.2, 0.25) is 0 Å². The van der Waals surface area contributed by atoms with Gasteiger partial charge in [-0.1, -0.05) is 28.1 Å². The number of ketones is 1. The molecule has 0 spiro atoms. The molecule has 0 heterocycles. The van der Waals surface area contributed by atoms with Crippen molar-refractivity contribution in [1.82, 2.24) is 0 Å². The molecule has 0 unspecified atom stereocenters. The van der Waals surface area contributed by atoms with Crippen molar-refractivity contribution in [3.63, 3.8) is 0 Å². The highest BCUT2D eigenvalue weighted by Crippen LogP contribution is 2.38. The molecule has 0 amide bonds. The molecular weight excluding hydrogens is 336 g/mol. The highest BCUT2D eigenvalue weighted by atomic mass is 79.9. The zero-order valence-electron chi connectivity index (χ0n) is 12.0. The van der Waals surface area contributed by atoms with Crippen molar-refractivity contribution >= 4 is 21.7 Å². The second kappa shape index (κ2) is 6.63. The number of methoxy groups -OCH3 is 3. The molecule has 0 saturated heterocycles. The van der Waals surface area contributed by atoms with Gasteiger partial charge in [-0.25, -0.2) is 0 Å². The average molecular weight is 351 g/mol. The van der Waals surface area contributed by atoms with E-state index in [0.717, 1.165) is 4.47 Å². The van der Waals surface area contributed by atoms with E-state index in [1.165, 1.54) is 21.3 Å². The highest BCUT2D eigenvalue weighted by Gasteiger charge is 2.18. The van der Waals surface area contributed by atoms with Crippen molar-refractivity contribution in [3.8, 4) is 17.2 Å². The van der Waals surface area contributed by atoms with Crippen molar-refractivity contribution in [1.29, 1.82) is 0 Å². The Hall–Kier alpha value is -2.01. The molecule has 0 radical (unpaired) electrons. The van der Waals surface area contributed by atoms with Gasteiger partial charge in [0.2, 0.25) is 5.75 Å². The van der Waals surface area contributed by atoms with E-state index >= 15 is 0 Å². The van der Waals surface area contributed by atoms with Crippen LogP contribution < -0.4 is 14.2 Å². The molecule has 5 heteroatoms. The van der Waals surface area contributed by atoms with Crippen LogP contribution in [0.25, 0.3) is 0 Å².